The molecule has 2 heterocycles. The van der Waals surface area contributed by atoms with E-state index in [4.69, 9.17) is 18.9 Å². The van der Waals surface area contributed by atoms with Gasteiger partial charge in [0, 0.05) is 12.2 Å². The SMILES string of the molecule is COC(=O)C(=CNC1CC1)C(=O)C=Cc1ccc2c(c1)OCO2.O=Cc1cccc2c1OCO2. The number of esters is 1. The van der Waals surface area contributed by atoms with Crippen molar-refractivity contribution in [3.63, 3.8) is 0 Å². The molecule has 176 valence electrons. The minimum absolute atomic E-state index is 0.0172. The summed E-state index contributed by atoms with van der Waals surface area (Å²) in [6.07, 6.45) is 7.26. The Hall–Kier alpha value is -4.27. The zero-order chi connectivity index (χ0) is 23.9. The summed E-state index contributed by atoms with van der Waals surface area (Å²) in [5.41, 5.74) is 1.30. The van der Waals surface area contributed by atoms with Crippen molar-refractivity contribution in [3.8, 4) is 23.0 Å². The van der Waals surface area contributed by atoms with Crippen molar-refractivity contribution in [2.24, 2.45) is 0 Å². The Kier molecular flexibility index (Phi) is 7.12. The highest BCUT2D eigenvalue weighted by atomic mass is 16.7. The number of methoxy groups -OCH3 is 1. The Balaban J connectivity index is 0.000000207. The molecule has 9 nitrogen and oxygen atoms in total. The van der Waals surface area contributed by atoms with Crippen LogP contribution in [0.25, 0.3) is 6.08 Å². The number of ether oxygens (including phenoxy) is 5. The first-order chi connectivity index (χ1) is 16.6. The third kappa shape index (κ3) is 5.55. The van der Waals surface area contributed by atoms with Crippen LogP contribution in [0.2, 0.25) is 0 Å². The van der Waals surface area contributed by atoms with Crippen molar-refractivity contribution < 1.29 is 38.1 Å². The van der Waals surface area contributed by atoms with Crippen molar-refractivity contribution in [3.05, 3.63) is 65.4 Å². The van der Waals surface area contributed by atoms with Gasteiger partial charge in [0.25, 0.3) is 0 Å². The van der Waals surface area contributed by atoms with Crippen molar-refractivity contribution in [2.75, 3.05) is 20.7 Å². The van der Waals surface area contributed by atoms with Crippen LogP contribution in [0.3, 0.4) is 0 Å². The minimum atomic E-state index is -0.654. The van der Waals surface area contributed by atoms with Crippen LogP contribution < -0.4 is 24.3 Å². The number of nitrogens with one attached hydrogen (secondary N) is 1. The Morgan fingerprint density at radius 1 is 1.00 bits per heavy atom. The highest BCUT2D eigenvalue weighted by Crippen LogP contribution is 2.34. The molecule has 2 aliphatic heterocycles. The van der Waals surface area contributed by atoms with Crippen LogP contribution in [0.1, 0.15) is 28.8 Å². The molecular formula is C25H23NO8. The number of rotatable bonds is 7. The van der Waals surface area contributed by atoms with Crippen molar-refractivity contribution in [1.29, 1.82) is 0 Å². The minimum Gasteiger partial charge on any atom is -0.465 e. The van der Waals surface area contributed by atoms with Crippen LogP contribution in [0.15, 0.2) is 54.2 Å². The molecule has 34 heavy (non-hydrogen) atoms. The number of benzene rings is 2. The third-order valence-corrected chi connectivity index (χ3v) is 5.09. The molecule has 1 aliphatic carbocycles. The fourth-order valence-corrected chi connectivity index (χ4v) is 3.12. The smallest absolute Gasteiger partial charge is 0.343 e. The van der Waals surface area contributed by atoms with Crippen molar-refractivity contribution >= 4 is 24.1 Å². The van der Waals surface area contributed by atoms with Crippen LogP contribution in [0, 0.1) is 0 Å². The molecule has 0 spiro atoms. The number of para-hydroxylation sites is 1. The zero-order valence-electron chi connectivity index (χ0n) is 18.4. The number of aldehydes is 1. The Bertz CT molecular complexity index is 1150. The molecule has 0 atom stereocenters. The molecule has 0 aromatic heterocycles. The Morgan fingerprint density at radius 2 is 1.76 bits per heavy atom. The second kappa shape index (κ2) is 10.6. The summed E-state index contributed by atoms with van der Waals surface area (Å²) in [6.45, 7) is 0.406. The van der Waals surface area contributed by atoms with E-state index in [0.717, 1.165) is 24.7 Å². The molecule has 0 radical (unpaired) electrons. The Labute approximate surface area is 195 Å². The molecule has 9 heteroatoms. The van der Waals surface area contributed by atoms with E-state index in [-0.39, 0.29) is 19.2 Å². The molecule has 0 amide bonds. The summed E-state index contributed by atoms with van der Waals surface area (Å²) in [7, 11) is 1.25. The topological polar surface area (TPSA) is 109 Å². The highest BCUT2D eigenvalue weighted by Gasteiger charge is 2.22. The first kappa shape index (κ1) is 22.9. The third-order valence-electron chi connectivity index (χ3n) is 5.09. The van der Waals surface area contributed by atoms with Crippen LogP contribution in [-0.4, -0.2) is 44.8 Å². The molecule has 5 rings (SSSR count). The first-order valence-corrected chi connectivity index (χ1v) is 10.6. The molecule has 1 saturated carbocycles. The van der Waals surface area contributed by atoms with Crippen LogP contribution in [0.4, 0.5) is 0 Å². The van der Waals surface area contributed by atoms with Gasteiger partial charge in [-0.05, 0) is 48.7 Å². The van der Waals surface area contributed by atoms with E-state index in [9.17, 15) is 14.4 Å². The monoisotopic (exact) mass is 465 g/mol. The van der Waals surface area contributed by atoms with Gasteiger partial charge in [0.15, 0.2) is 35.1 Å². The summed E-state index contributed by atoms with van der Waals surface area (Å²) in [5.74, 6) is 1.45. The van der Waals surface area contributed by atoms with Gasteiger partial charge in [-0.15, -0.1) is 0 Å². The number of carbonyl (C=O) groups excluding carboxylic acids is 3. The molecule has 0 bridgehead atoms. The van der Waals surface area contributed by atoms with Crippen LogP contribution >= 0.6 is 0 Å². The lowest BCUT2D eigenvalue weighted by atomic mass is 10.1. The molecule has 2 aromatic rings. The van der Waals surface area contributed by atoms with Gasteiger partial charge in [-0.25, -0.2) is 4.79 Å². The molecule has 1 N–H and O–H groups in total. The molecule has 2 aromatic carbocycles. The van der Waals surface area contributed by atoms with Crippen LogP contribution in [0.5, 0.6) is 23.0 Å². The predicted octanol–water partition coefficient (Wildman–Crippen LogP) is 3.03. The lowest BCUT2D eigenvalue weighted by molar-refractivity contribution is -0.137. The van der Waals surface area contributed by atoms with Gasteiger partial charge >= 0.3 is 5.97 Å². The quantitative estimate of drug-likeness (QED) is 0.217. The molecule has 0 unspecified atom stereocenters. The summed E-state index contributed by atoms with van der Waals surface area (Å²) < 4.78 is 25.3. The molecule has 1 fully saturated rings. The van der Waals surface area contributed by atoms with Crippen molar-refractivity contribution in [2.45, 2.75) is 18.9 Å². The van der Waals surface area contributed by atoms with Gasteiger partial charge in [0.05, 0.1) is 12.7 Å². The fourth-order valence-electron chi connectivity index (χ4n) is 3.12. The highest BCUT2D eigenvalue weighted by molar-refractivity contribution is 6.22. The van der Waals surface area contributed by atoms with E-state index < -0.39 is 11.8 Å². The number of ketones is 1. The maximum Gasteiger partial charge on any atom is 0.343 e. The van der Waals surface area contributed by atoms with Gasteiger partial charge in [-0.2, -0.15) is 0 Å². The summed E-state index contributed by atoms with van der Waals surface area (Å²) in [5, 5.41) is 3.03. The molecule has 3 aliphatic rings. The summed E-state index contributed by atoms with van der Waals surface area (Å²) in [4.78, 5) is 34.4. The summed E-state index contributed by atoms with van der Waals surface area (Å²) in [6, 6.07) is 10.9. The van der Waals surface area contributed by atoms with E-state index >= 15 is 0 Å². The zero-order valence-corrected chi connectivity index (χ0v) is 18.4. The number of allylic oxidation sites excluding steroid dienone is 1. The van der Waals surface area contributed by atoms with Crippen LogP contribution in [-0.2, 0) is 14.3 Å². The second-order valence-electron chi connectivity index (χ2n) is 7.50. The lowest BCUT2D eigenvalue weighted by Gasteiger charge is -2.03. The maximum absolute atomic E-state index is 12.2. The average molecular weight is 465 g/mol. The molecular weight excluding hydrogens is 442 g/mol. The summed E-state index contributed by atoms with van der Waals surface area (Å²) >= 11 is 0. The van der Waals surface area contributed by atoms with Crippen molar-refractivity contribution in [1.82, 2.24) is 5.32 Å². The van der Waals surface area contributed by atoms with E-state index in [0.29, 0.717) is 34.6 Å². The Morgan fingerprint density at radius 3 is 2.53 bits per heavy atom. The number of fused-ring (bicyclic) bond motifs is 2. The standard InChI is InChI=1S/C17H17NO5.C8H6O3/c1-21-17(20)13(9-18-12-4-5-12)14(19)6-2-11-3-7-15-16(8-11)23-10-22-15;9-4-6-2-1-3-7-8(6)11-5-10-7/h2-3,6-9,12,18H,4-5,10H2,1H3;1-4H,5H2. The van der Waals surface area contributed by atoms with Gasteiger partial charge in [-0.1, -0.05) is 18.2 Å². The number of hydrogen-bond donors (Lipinski definition) is 1. The van der Waals surface area contributed by atoms with E-state index in [2.05, 4.69) is 10.1 Å². The van der Waals surface area contributed by atoms with E-state index in [1.165, 1.54) is 19.4 Å². The number of carbonyl (C=O) groups is 3. The normalized spacial score (nSPS) is 15.4. The largest absolute Gasteiger partial charge is 0.465 e. The van der Waals surface area contributed by atoms with E-state index in [1.807, 2.05) is 0 Å². The van der Waals surface area contributed by atoms with Gasteiger partial charge in [0.2, 0.25) is 13.6 Å². The van der Waals surface area contributed by atoms with Gasteiger partial charge in [-0.3, -0.25) is 9.59 Å². The fraction of sp³-hybridized carbons (Fsp3) is 0.240. The lowest BCUT2D eigenvalue weighted by Crippen LogP contribution is -2.18. The molecule has 0 saturated heterocycles. The second-order valence-corrected chi connectivity index (χ2v) is 7.50. The van der Waals surface area contributed by atoms with E-state index in [1.54, 1.807) is 42.5 Å². The maximum atomic E-state index is 12.2. The average Bonchev–Trinajstić information content (AvgIpc) is 3.35. The first-order valence-electron chi connectivity index (χ1n) is 10.6. The van der Waals surface area contributed by atoms with Gasteiger partial charge in [0.1, 0.15) is 5.57 Å². The number of hydrogen-bond acceptors (Lipinski definition) is 9. The van der Waals surface area contributed by atoms with Gasteiger partial charge < -0.3 is 29.0 Å². The predicted molar refractivity (Wildman–Crippen MR) is 121 cm³/mol.